The molecule has 0 saturated carbocycles. The highest BCUT2D eigenvalue weighted by Gasteiger charge is 2.46. The second-order valence-corrected chi connectivity index (χ2v) is 10.2. The lowest BCUT2D eigenvalue weighted by Gasteiger charge is -2.40. The highest BCUT2D eigenvalue weighted by Crippen LogP contribution is 2.41. The van der Waals surface area contributed by atoms with Gasteiger partial charge in [0, 0.05) is 56.5 Å². The quantitative estimate of drug-likeness (QED) is 0.394. The lowest BCUT2D eigenvalue weighted by Crippen LogP contribution is -2.52. The van der Waals surface area contributed by atoms with E-state index < -0.39 is 41.8 Å². The maximum Gasteiger partial charge on any atom is 0.257 e. The first-order chi connectivity index (χ1) is 18.6. The number of aromatic amines is 1. The number of anilines is 1. The summed E-state index contributed by atoms with van der Waals surface area (Å²) < 4.78 is 59.3. The molecule has 39 heavy (non-hydrogen) atoms. The Hall–Kier alpha value is -3.51. The van der Waals surface area contributed by atoms with Crippen molar-refractivity contribution in [3.63, 3.8) is 0 Å². The summed E-state index contributed by atoms with van der Waals surface area (Å²) in [7, 11) is 1.67. The van der Waals surface area contributed by atoms with Gasteiger partial charge in [-0.1, -0.05) is 0 Å². The molecule has 3 N–H and O–H groups in total. The van der Waals surface area contributed by atoms with Crippen molar-refractivity contribution in [3.8, 4) is 0 Å². The molecule has 3 atom stereocenters. The van der Waals surface area contributed by atoms with E-state index in [0.29, 0.717) is 41.2 Å². The Bertz CT molecular complexity index is 1420. The maximum absolute atomic E-state index is 15.0. The number of nitrogens with one attached hydrogen (secondary N) is 3. The Kier molecular flexibility index (Phi) is 7.34. The molecule has 0 aliphatic carbocycles. The van der Waals surface area contributed by atoms with Crippen molar-refractivity contribution < 1.29 is 22.4 Å². The number of aryl methyl sites for hydroxylation is 1. The summed E-state index contributed by atoms with van der Waals surface area (Å²) in [4.78, 5) is 33.9. The topological polar surface area (TPSA) is 95.1 Å². The fraction of sp³-hybridized carbons (Fsp3) is 0.444. The van der Waals surface area contributed by atoms with Crippen LogP contribution in [0.2, 0.25) is 0 Å². The highest BCUT2D eigenvalue weighted by atomic mass is 19.3. The number of pyridine rings is 1. The van der Waals surface area contributed by atoms with Crippen molar-refractivity contribution in [2.24, 2.45) is 0 Å². The first-order valence-corrected chi connectivity index (χ1v) is 12.9. The van der Waals surface area contributed by atoms with Gasteiger partial charge in [-0.3, -0.25) is 14.5 Å². The number of benzene rings is 1. The van der Waals surface area contributed by atoms with Crippen LogP contribution in [0.25, 0.3) is 0 Å². The summed E-state index contributed by atoms with van der Waals surface area (Å²) >= 11 is 0. The summed E-state index contributed by atoms with van der Waals surface area (Å²) in [6, 6.07) is 3.85. The molecule has 5 rings (SSSR count). The summed E-state index contributed by atoms with van der Waals surface area (Å²) in [6.45, 7) is 1.85. The molecule has 2 aliphatic heterocycles. The number of amides is 1. The molecule has 0 spiro atoms. The Morgan fingerprint density at radius 3 is 2.67 bits per heavy atom. The molecule has 8 nitrogen and oxygen atoms in total. The van der Waals surface area contributed by atoms with Crippen LogP contribution in [0.5, 0.6) is 0 Å². The van der Waals surface area contributed by atoms with Gasteiger partial charge in [-0.05, 0) is 49.7 Å². The van der Waals surface area contributed by atoms with E-state index in [9.17, 15) is 27.2 Å². The number of fused-ring (bicyclic) bond motifs is 1. The lowest BCUT2D eigenvalue weighted by atomic mass is 9.86. The Morgan fingerprint density at radius 2 is 1.95 bits per heavy atom. The standard InChI is InChI=1S/C27H30F4N6O2/c1-15(36-6-5-27(30,31)21(13-36)17-7-18(11-32-2)26(39)33-12-17)25(38)35-23-14-37-22(3-4-24(37)34-23)16-8-19(28)10-20(29)9-16/h7-10,12,14-15,21-22,32H,3-6,11,13H2,1-2H3,(H,33,39)(H,35,38)/t15-,21?,22+/m0/s1. The number of likely N-dealkylation sites (tertiary alicyclic amines) is 1. The molecule has 2 aromatic heterocycles. The van der Waals surface area contributed by atoms with Crippen LogP contribution in [-0.4, -0.2) is 57.4 Å². The van der Waals surface area contributed by atoms with Gasteiger partial charge in [0.1, 0.15) is 17.5 Å². The molecular formula is C27H30F4N6O2. The Morgan fingerprint density at radius 1 is 1.21 bits per heavy atom. The van der Waals surface area contributed by atoms with Crippen molar-refractivity contribution in [1.82, 2.24) is 24.8 Å². The zero-order chi connectivity index (χ0) is 27.9. The molecule has 0 radical (unpaired) electrons. The normalized spacial score (nSPS) is 21.5. The van der Waals surface area contributed by atoms with Crippen LogP contribution in [0.1, 0.15) is 54.2 Å². The average Bonchev–Trinajstić information content (AvgIpc) is 3.45. The van der Waals surface area contributed by atoms with E-state index in [1.807, 2.05) is 0 Å². The second kappa shape index (κ2) is 10.6. The van der Waals surface area contributed by atoms with Crippen molar-refractivity contribution in [1.29, 1.82) is 0 Å². The summed E-state index contributed by atoms with van der Waals surface area (Å²) in [5.74, 6) is -4.95. The number of piperidine rings is 1. The number of aromatic nitrogens is 3. The summed E-state index contributed by atoms with van der Waals surface area (Å²) in [6.07, 6.45) is 3.73. The van der Waals surface area contributed by atoms with Gasteiger partial charge in [-0.15, -0.1) is 0 Å². The van der Waals surface area contributed by atoms with E-state index in [0.717, 1.165) is 6.07 Å². The molecule has 4 heterocycles. The molecule has 2 aliphatic rings. The number of rotatable bonds is 7. The highest BCUT2D eigenvalue weighted by molar-refractivity contribution is 5.93. The predicted molar refractivity (Wildman–Crippen MR) is 137 cm³/mol. The average molecular weight is 547 g/mol. The number of hydrogen-bond acceptors (Lipinski definition) is 5. The van der Waals surface area contributed by atoms with Crippen LogP contribution in [0.4, 0.5) is 23.4 Å². The molecule has 3 aromatic rings. The summed E-state index contributed by atoms with van der Waals surface area (Å²) in [5.41, 5.74) is 0.817. The van der Waals surface area contributed by atoms with Crippen molar-refractivity contribution in [3.05, 3.63) is 81.2 Å². The maximum atomic E-state index is 15.0. The van der Waals surface area contributed by atoms with Gasteiger partial charge in [-0.25, -0.2) is 22.5 Å². The number of halogens is 4. The zero-order valence-corrected chi connectivity index (χ0v) is 21.6. The van der Waals surface area contributed by atoms with E-state index in [1.54, 1.807) is 29.6 Å². The molecule has 12 heteroatoms. The van der Waals surface area contributed by atoms with Crippen molar-refractivity contribution >= 4 is 11.7 Å². The van der Waals surface area contributed by atoms with Crippen molar-refractivity contribution in [2.45, 2.75) is 56.7 Å². The number of imidazole rings is 1. The van der Waals surface area contributed by atoms with E-state index in [1.165, 1.54) is 24.4 Å². The molecule has 1 fully saturated rings. The third-order valence-electron chi connectivity index (χ3n) is 7.67. The third-order valence-corrected chi connectivity index (χ3v) is 7.67. The molecule has 208 valence electrons. The minimum atomic E-state index is -3.00. The molecule has 1 unspecified atom stereocenters. The number of hydrogen-bond donors (Lipinski definition) is 3. The third kappa shape index (κ3) is 5.48. The van der Waals surface area contributed by atoms with Gasteiger partial charge in [-0.2, -0.15) is 0 Å². The number of alkyl halides is 2. The lowest BCUT2D eigenvalue weighted by molar-refractivity contribution is -0.125. The van der Waals surface area contributed by atoms with E-state index >= 15 is 0 Å². The Balaban J connectivity index is 1.29. The van der Waals surface area contributed by atoms with Crippen LogP contribution in [0.15, 0.2) is 41.5 Å². The van der Waals surface area contributed by atoms with Gasteiger partial charge in [0.15, 0.2) is 5.82 Å². The van der Waals surface area contributed by atoms with Gasteiger partial charge < -0.3 is 20.2 Å². The summed E-state index contributed by atoms with van der Waals surface area (Å²) in [5, 5.41) is 5.63. The smallest absolute Gasteiger partial charge is 0.257 e. The first kappa shape index (κ1) is 27.1. The largest absolute Gasteiger partial charge is 0.329 e. The minimum absolute atomic E-state index is 0.0255. The fourth-order valence-electron chi connectivity index (χ4n) is 5.54. The molecule has 1 aromatic carbocycles. The molecule has 0 bridgehead atoms. The monoisotopic (exact) mass is 546 g/mol. The van der Waals surface area contributed by atoms with Crippen LogP contribution in [-0.2, 0) is 17.8 Å². The SMILES string of the molecule is CNCc1cc(C2CN([C@@H](C)C(=O)Nc3cn4c(n3)CC[C@@H]4c3cc(F)cc(F)c3)CCC2(F)F)c[nH]c1=O. The minimum Gasteiger partial charge on any atom is -0.329 e. The van der Waals surface area contributed by atoms with E-state index in [4.69, 9.17) is 0 Å². The van der Waals surface area contributed by atoms with Gasteiger partial charge in [0.2, 0.25) is 5.91 Å². The van der Waals surface area contributed by atoms with Crippen LogP contribution in [0, 0.1) is 11.6 Å². The van der Waals surface area contributed by atoms with Gasteiger partial charge >= 0.3 is 0 Å². The number of carbonyl (C=O) groups is 1. The van der Waals surface area contributed by atoms with Crippen LogP contribution in [0.3, 0.4) is 0 Å². The number of carbonyl (C=O) groups excluding carboxylic acids is 1. The molecular weight excluding hydrogens is 516 g/mol. The zero-order valence-electron chi connectivity index (χ0n) is 21.6. The van der Waals surface area contributed by atoms with Gasteiger partial charge in [0.25, 0.3) is 11.5 Å². The molecule has 1 amide bonds. The predicted octanol–water partition coefficient (Wildman–Crippen LogP) is 3.56. The second-order valence-electron chi connectivity index (χ2n) is 10.2. The Labute approximate surface area is 222 Å². The molecule has 1 saturated heterocycles. The van der Waals surface area contributed by atoms with E-state index in [2.05, 4.69) is 20.6 Å². The van der Waals surface area contributed by atoms with Crippen LogP contribution < -0.4 is 16.2 Å². The van der Waals surface area contributed by atoms with Gasteiger partial charge in [0.05, 0.1) is 18.0 Å². The number of H-pyrrole nitrogens is 1. The number of nitrogens with zero attached hydrogens (tertiary/aromatic N) is 3. The fourth-order valence-corrected chi connectivity index (χ4v) is 5.54. The first-order valence-electron chi connectivity index (χ1n) is 12.9. The van der Waals surface area contributed by atoms with Crippen molar-refractivity contribution in [2.75, 3.05) is 25.5 Å². The van der Waals surface area contributed by atoms with E-state index in [-0.39, 0.29) is 31.2 Å². The van der Waals surface area contributed by atoms with Crippen LogP contribution >= 0.6 is 0 Å².